The Labute approximate surface area is 209 Å². The second-order valence-corrected chi connectivity index (χ2v) is 11.2. The van der Waals surface area contributed by atoms with Crippen molar-refractivity contribution in [2.75, 3.05) is 0 Å². The van der Waals surface area contributed by atoms with Gasteiger partial charge in [-0.25, -0.2) is 4.39 Å². The summed E-state index contributed by atoms with van der Waals surface area (Å²) in [6.45, 7) is 4.03. The molecule has 1 unspecified atom stereocenters. The van der Waals surface area contributed by atoms with E-state index in [0.717, 1.165) is 16.7 Å². The van der Waals surface area contributed by atoms with E-state index < -0.39 is 33.1 Å². The lowest BCUT2D eigenvalue weighted by molar-refractivity contribution is -0.222. The fourth-order valence-corrected chi connectivity index (χ4v) is 5.54. The maximum Gasteiger partial charge on any atom is 0.426 e. The molecular weight excluding hydrogens is 526 g/mol. The molecule has 3 aromatic carbocycles. The molecule has 0 aromatic heterocycles. The molecular formula is C25H22F6O3S2. The first-order valence-corrected chi connectivity index (χ1v) is 12.7. The van der Waals surface area contributed by atoms with Gasteiger partial charge < -0.3 is 0 Å². The molecule has 0 saturated heterocycles. The summed E-state index contributed by atoms with van der Waals surface area (Å²) >= 11 is -0.0992. The van der Waals surface area contributed by atoms with Gasteiger partial charge in [-0.2, -0.15) is 34.0 Å². The first kappa shape index (κ1) is 28.1. The minimum absolute atomic E-state index is 0.0207. The van der Waals surface area contributed by atoms with Crippen LogP contribution in [0.15, 0.2) is 89.8 Å². The second-order valence-electron chi connectivity index (χ2n) is 8.57. The molecule has 0 fully saturated rings. The van der Waals surface area contributed by atoms with Crippen molar-refractivity contribution < 1.29 is 38.4 Å². The minimum Gasteiger partial charge on any atom is -0.229 e. The molecule has 0 bridgehead atoms. The molecule has 36 heavy (non-hydrogen) atoms. The molecule has 3 aromatic rings. The van der Waals surface area contributed by atoms with Crippen LogP contribution in [-0.2, 0) is 19.2 Å². The third kappa shape index (κ3) is 5.90. The maximum atomic E-state index is 13.6. The summed E-state index contributed by atoms with van der Waals surface area (Å²) in [5, 5.41) is -5.81. The van der Waals surface area contributed by atoms with Gasteiger partial charge in [-0.3, -0.25) is 0 Å². The molecule has 0 amide bonds. The average molecular weight is 549 g/mol. The Kier molecular flexibility index (Phi) is 8.17. The Bertz CT molecular complexity index is 1210. The summed E-state index contributed by atoms with van der Waals surface area (Å²) in [6, 6.07) is 25.6. The van der Waals surface area contributed by atoms with Crippen molar-refractivity contribution in [3.63, 3.8) is 0 Å². The van der Waals surface area contributed by atoms with Crippen LogP contribution >= 0.6 is 12.0 Å². The van der Waals surface area contributed by atoms with E-state index in [1.807, 2.05) is 74.5 Å². The molecule has 194 valence electrons. The number of hydrogen-bond donors (Lipinski definition) is 0. The highest BCUT2D eigenvalue weighted by Crippen LogP contribution is 2.44. The maximum absolute atomic E-state index is 13.6. The standard InChI is InChI=1S/C25H22F6O3S2/c1-23(2,21(17-9-5-3-6-10-17)18-11-7-4-8-12-18)19-13-15-20(16-14-19)35-34-36(32,33)25(30,31)22(26)24(27,28)29/h3-16,21-22H,1-2H3. The van der Waals surface area contributed by atoms with Gasteiger partial charge in [0, 0.05) is 28.3 Å². The van der Waals surface area contributed by atoms with Gasteiger partial charge >= 0.3 is 21.5 Å². The number of hydrogen-bond acceptors (Lipinski definition) is 4. The monoisotopic (exact) mass is 548 g/mol. The highest BCUT2D eigenvalue weighted by molar-refractivity contribution is 8.04. The third-order valence-corrected chi connectivity index (χ3v) is 8.05. The molecule has 3 nitrogen and oxygen atoms in total. The molecule has 0 aliphatic heterocycles. The van der Waals surface area contributed by atoms with Gasteiger partial charge in [0.2, 0.25) is 0 Å². The van der Waals surface area contributed by atoms with E-state index in [4.69, 9.17) is 0 Å². The Hall–Kier alpha value is -2.50. The zero-order chi connectivity index (χ0) is 26.8. The molecule has 0 saturated carbocycles. The highest BCUT2D eigenvalue weighted by atomic mass is 32.3. The number of benzene rings is 3. The fraction of sp³-hybridized carbons (Fsp3) is 0.280. The topological polar surface area (TPSA) is 43.4 Å². The summed E-state index contributed by atoms with van der Waals surface area (Å²) < 4.78 is 105. The van der Waals surface area contributed by atoms with E-state index in [9.17, 15) is 34.8 Å². The van der Waals surface area contributed by atoms with Crippen LogP contribution in [0.2, 0.25) is 0 Å². The minimum atomic E-state index is -6.23. The van der Waals surface area contributed by atoms with Crippen molar-refractivity contribution in [1.82, 2.24) is 0 Å². The van der Waals surface area contributed by atoms with Crippen LogP contribution in [0.25, 0.3) is 0 Å². The Morgan fingerprint density at radius 3 is 1.61 bits per heavy atom. The Morgan fingerprint density at radius 2 is 1.19 bits per heavy atom. The highest BCUT2D eigenvalue weighted by Gasteiger charge is 2.65. The van der Waals surface area contributed by atoms with E-state index in [1.54, 1.807) is 12.1 Å². The number of rotatable bonds is 9. The van der Waals surface area contributed by atoms with E-state index >= 15 is 0 Å². The van der Waals surface area contributed by atoms with E-state index in [-0.39, 0.29) is 22.9 Å². The Balaban J connectivity index is 1.84. The van der Waals surface area contributed by atoms with Crippen molar-refractivity contribution in [2.45, 2.75) is 47.7 Å². The summed E-state index contributed by atoms with van der Waals surface area (Å²) in [4.78, 5) is 0.0207. The molecule has 1 atom stereocenters. The fourth-order valence-electron chi connectivity index (χ4n) is 3.87. The van der Waals surface area contributed by atoms with Crippen LogP contribution in [0.5, 0.6) is 0 Å². The van der Waals surface area contributed by atoms with Gasteiger partial charge in [-0.15, -0.1) is 0 Å². The van der Waals surface area contributed by atoms with Gasteiger partial charge in [0.1, 0.15) is 0 Å². The molecule has 0 aliphatic rings. The SMILES string of the molecule is CC(C)(c1ccc(SOS(=O)(=O)C(F)(F)C(F)C(F)(F)F)cc1)C(c1ccccc1)c1ccccc1. The van der Waals surface area contributed by atoms with Crippen molar-refractivity contribution in [1.29, 1.82) is 0 Å². The predicted octanol–water partition coefficient (Wildman–Crippen LogP) is 7.64. The van der Waals surface area contributed by atoms with Crippen molar-refractivity contribution in [3.8, 4) is 0 Å². The van der Waals surface area contributed by atoms with E-state index in [1.165, 1.54) is 12.1 Å². The third-order valence-electron chi connectivity index (χ3n) is 5.72. The number of halogens is 6. The molecule has 0 spiro atoms. The van der Waals surface area contributed by atoms with Gasteiger partial charge in [-0.05, 0) is 28.8 Å². The van der Waals surface area contributed by atoms with Crippen LogP contribution in [0.1, 0.15) is 36.5 Å². The summed E-state index contributed by atoms with van der Waals surface area (Å²) in [6.07, 6.45) is -11.0. The van der Waals surface area contributed by atoms with Gasteiger partial charge in [0.05, 0.1) is 0 Å². The van der Waals surface area contributed by atoms with Crippen LogP contribution < -0.4 is 0 Å². The largest absolute Gasteiger partial charge is 0.426 e. The lowest BCUT2D eigenvalue weighted by Gasteiger charge is -2.36. The average Bonchev–Trinajstić information content (AvgIpc) is 2.83. The van der Waals surface area contributed by atoms with E-state index in [0.29, 0.717) is 0 Å². The van der Waals surface area contributed by atoms with Crippen LogP contribution in [0.4, 0.5) is 26.3 Å². The first-order chi connectivity index (χ1) is 16.7. The number of alkyl halides is 6. The molecule has 11 heteroatoms. The lowest BCUT2D eigenvalue weighted by atomic mass is 9.67. The molecule has 0 N–H and O–H groups in total. The molecule has 0 heterocycles. The van der Waals surface area contributed by atoms with E-state index in [2.05, 4.69) is 3.63 Å². The van der Waals surface area contributed by atoms with Gasteiger partial charge in [0.25, 0.3) is 6.17 Å². The van der Waals surface area contributed by atoms with Crippen LogP contribution in [0, 0.1) is 0 Å². The Morgan fingerprint density at radius 1 is 0.750 bits per heavy atom. The van der Waals surface area contributed by atoms with Crippen LogP contribution in [0.3, 0.4) is 0 Å². The van der Waals surface area contributed by atoms with Gasteiger partial charge in [0.15, 0.2) is 0 Å². The zero-order valence-corrected chi connectivity index (χ0v) is 20.7. The quantitative estimate of drug-likeness (QED) is 0.204. The van der Waals surface area contributed by atoms with Crippen molar-refractivity contribution in [3.05, 3.63) is 102 Å². The first-order valence-electron chi connectivity index (χ1n) is 10.6. The lowest BCUT2D eigenvalue weighted by Crippen LogP contribution is -2.47. The summed E-state index contributed by atoms with van der Waals surface area (Å²) in [7, 11) is -6.23. The molecule has 0 radical (unpaired) electrons. The normalized spacial score (nSPS) is 14.1. The molecule has 3 rings (SSSR count). The smallest absolute Gasteiger partial charge is 0.229 e. The second kappa shape index (κ2) is 10.5. The summed E-state index contributed by atoms with van der Waals surface area (Å²) in [5.74, 6) is -0.0856. The van der Waals surface area contributed by atoms with Crippen LogP contribution in [-0.4, -0.2) is 26.0 Å². The summed E-state index contributed by atoms with van der Waals surface area (Å²) in [5.41, 5.74) is 2.42. The van der Waals surface area contributed by atoms with Crippen molar-refractivity contribution >= 4 is 22.2 Å². The van der Waals surface area contributed by atoms with Crippen molar-refractivity contribution in [2.24, 2.45) is 0 Å². The zero-order valence-electron chi connectivity index (χ0n) is 19.0. The van der Waals surface area contributed by atoms with Gasteiger partial charge in [-0.1, -0.05) is 86.6 Å². The predicted molar refractivity (Wildman–Crippen MR) is 126 cm³/mol. The molecule has 0 aliphatic carbocycles.